The minimum Gasteiger partial charge on any atom is -0.292 e. The van der Waals surface area contributed by atoms with Gasteiger partial charge in [-0.15, -0.1) is 0 Å². The van der Waals surface area contributed by atoms with Gasteiger partial charge in [0.1, 0.15) is 0 Å². The van der Waals surface area contributed by atoms with Gasteiger partial charge in [0.2, 0.25) is 0 Å². The van der Waals surface area contributed by atoms with Crippen LogP contribution in [0.3, 0.4) is 0 Å². The van der Waals surface area contributed by atoms with Gasteiger partial charge in [0, 0.05) is 10.6 Å². The topological polar surface area (TPSA) is 75.8 Å². The molecule has 2 aromatic carbocycles. The lowest BCUT2D eigenvalue weighted by molar-refractivity contribution is 0.0970. The van der Waals surface area contributed by atoms with Gasteiger partial charge in [-0.1, -0.05) is 35.3 Å². The number of nitriles is 1. The van der Waals surface area contributed by atoms with Crippen LogP contribution in [0.2, 0.25) is 10.0 Å². The molecular weight excluding hydrogens is 349 g/mol. The largest absolute Gasteiger partial charge is 0.292 e. The van der Waals surface area contributed by atoms with Gasteiger partial charge < -0.3 is 0 Å². The van der Waals surface area contributed by atoms with Gasteiger partial charge in [-0.2, -0.15) is 5.26 Å². The zero-order valence-electron chi connectivity index (χ0n) is 12.2. The number of Topliss-reactive ketones (excluding diaryl/α,β-unsaturated/α-hetero) is 1. The molecule has 1 heterocycles. The Morgan fingerprint density at radius 3 is 2.58 bits per heavy atom. The van der Waals surface area contributed by atoms with Crippen molar-refractivity contribution in [2.24, 2.45) is 0 Å². The van der Waals surface area contributed by atoms with Crippen LogP contribution in [0.5, 0.6) is 0 Å². The number of aromatic nitrogens is 2. The molecule has 1 aromatic heterocycles. The molecule has 0 saturated heterocycles. The van der Waals surface area contributed by atoms with Crippen molar-refractivity contribution < 1.29 is 4.79 Å². The molecule has 0 unspecified atom stereocenters. The fourth-order valence-electron chi connectivity index (χ4n) is 2.28. The Labute approximate surface area is 146 Å². The molecule has 0 radical (unpaired) electrons. The van der Waals surface area contributed by atoms with Gasteiger partial charge in [-0.25, -0.2) is 4.98 Å². The Balaban J connectivity index is 1.98. The number of fused-ring (bicyclic) bond motifs is 1. The molecule has 0 aliphatic heterocycles. The second kappa shape index (κ2) is 6.44. The molecule has 3 aromatic rings. The Morgan fingerprint density at radius 1 is 1.21 bits per heavy atom. The molecule has 0 bridgehead atoms. The SMILES string of the molecule is N#Cc1ccc(C(=O)Cn2cnc3c(Cl)cc(Cl)cc3c2=O)cc1. The first-order valence-electron chi connectivity index (χ1n) is 6.87. The van der Waals surface area contributed by atoms with E-state index in [0.29, 0.717) is 21.7 Å². The number of halogens is 2. The molecule has 0 N–H and O–H groups in total. The second-order valence-electron chi connectivity index (χ2n) is 5.07. The molecule has 0 atom stereocenters. The van der Waals surface area contributed by atoms with Gasteiger partial charge >= 0.3 is 0 Å². The maximum atomic E-state index is 12.5. The third-order valence-corrected chi connectivity index (χ3v) is 4.00. The van der Waals surface area contributed by atoms with Crippen molar-refractivity contribution in [2.75, 3.05) is 0 Å². The van der Waals surface area contributed by atoms with Crippen molar-refractivity contribution in [3.63, 3.8) is 0 Å². The third-order valence-electron chi connectivity index (χ3n) is 3.50. The summed E-state index contributed by atoms with van der Waals surface area (Å²) >= 11 is 12.0. The normalized spacial score (nSPS) is 10.5. The highest BCUT2D eigenvalue weighted by Crippen LogP contribution is 2.23. The summed E-state index contributed by atoms with van der Waals surface area (Å²) in [5, 5.41) is 9.63. The van der Waals surface area contributed by atoms with Crippen LogP contribution in [0, 0.1) is 11.3 Å². The smallest absolute Gasteiger partial charge is 0.261 e. The highest BCUT2D eigenvalue weighted by molar-refractivity contribution is 6.38. The molecule has 7 heteroatoms. The number of hydrogen-bond donors (Lipinski definition) is 0. The molecular formula is C17H9Cl2N3O2. The Hall–Kier alpha value is -2.68. The van der Waals surface area contributed by atoms with Gasteiger partial charge in [-0.3, -0.25) is 14.2 Å². The quantitative estimate of drug-likeness (QED) is 0.672. The fraction of sp³-hybridized carbons (Fsp3) is 0.0588. The van der Waals surface area contributed by atoms with Crippen LogP contribution in [0.15, 0.2) is 47.5 Å². The fourth-order valence-corrected chi connectivity index (χ4v) is 2.83. The molecule has 0 amide bonds. The number of benzene rings is 2. The van der Waals surface area contributed by atoms with E-state index in [4.69, 9.17) is 28.5 Å². The zero-order valence-corrected chi connectivity index (χ0v) is 13.7. The minimum atomic E-state index is -0.397. The van der Waals surface area contributed by atoms with Crippen LogP contribution < -0.4 is 5.56 Å². The van der Waals surface area contributed by atoms with Crippen LogP contribution in [0.1, 0.15) is 15.9 Å². The van der Waals surface area contributed by atoms with E-state index in [1.165, 1.54) is 23.0 Å². The maximum Gasteiger partial charge on any atom is 0.261 e. The molecule has 0 saturated carbocycles. The third kappa shape index (κ3) is 3.02. The summed E-state index contributed by atoms with van der Waals surface area (Å²) in [5.74, 6) is -0.268. The van der Waals surface area contributed by atoms with E-state index in [1.807, 2.05) is 6.07 Å². The lowest BCUT2D eigenvalue weighted by Crippen LogP contribution is -2.24. The van der Waals surface area contributed by atoms with Crippen molar-refractivity contribution in [3.8, 4) is 6.07 Å². The van der Waals surface area contributed by atoms with E-state index < -0.39 is 5.56 Å². The number of hydrogen-bond acceptors (Lipinski definition) is 4. The minimum absolute atomic E-state index is 0.169. The summed E-state index contributed by atoms with van der Waals surface area (Å²) in [6.07, 6.45) is 1.28. The van der Waals surface area contributed by atoms with Crippen molar-refractivity contribution in [2.45, 2.75) is 6.54 Å². The van der Waals surface area contributed by atoms with Gasteiger partial charge in [0.25, 0.3) is 5.56 Å². The first-order valence-corrected chi connectivity index (χ1v) is 7.63. The average Bonchev–Trinajstić information content (AvgIpc) is 2.57. The Morgan fingerprint density at radius 2 is 1.92 bits per heavy atom. The molecule has 0 aliphatic rings. The van der Waals surface area contributed by atoms with Crippen LogP contribution in [0.4, 0.5) is 0 Å². The average molecular weight is 358 g/mol. The van der Waals surface area contributed by atoms with Crippen molar-refractivity contribution >= 4 is 39.9 Å². The predicted molar refractivity (Wildman–Crippen MR) is 91.5 cm³/mol. The maximum absolute atomic E-state index is 12.5. The summed E-state index contributed by atoms with van der Waals surface area (Å²) in [7, 11) is 0. The van der Waals surface area contributed by atoms with Crippen molar-refractivity contribution in [1.29, 1.82) is 5.26 Å². The highest BCUT2D eigenvalue weighted by Gasteiger charge is 2.12. The molecule has 0 aliphatic carbocycles. The molecule has 5 nitrogen and oxygen atoms in total. The van der Waals surface area contributed by atoms with E-state index in [1.54, 1.807) is 24.3 Å². The molecule has 24 heavy (non-hydrogen) atoms. The second-order valence-corrected chi connectivity index (χ2v) is 5.92. The number of ketones is 1. The molecule has 0 spiro atoms. The summed E-state index contributed by atoms with van der Waals surface area (Å²) < 4.78 is 1.20. The molecule has 0 fully saturated rings. The summed E-state index contributed by atoms with van der Waals surface area (Å²) in [6.45, 7) is -0.169. The van der Waals surface area contributed by atoms with Gasteiger partial charge in [0.15, 0.2) is 5.78 Å². The van der Waals surface area contributed by atoms with Crippen LogP contribution in [0.25, 0.3) is 10.9 Å². The predicted octanol–water partition coefficient (Wildman–Crippen LogP) is 3.46. The summed E-state index contributed by atoms with van der Waals surface area (Å²) in [4.78, 5) is 29.0. The van der Waals surface area contributed by atoms with E-state index in [-0.39, 0.29) is 22.7 Å². The van der Waals surface area contributed by atoms with Crippen molar-refractivity contribution in [1.82, 2.24) is 9.55 Å². The summed E-state index contributed by atoms with van der Waals surface area (Å²) in [6, 6.07) is 11.2. The lowest BCUT2D eigenvalue weighted by atomic mass is 10.1. The van der Waals surface area contributed by atoms with E-state index in [0.717, 1.165) is 0 Å². The monoisotopic (exact) mass is 357 g/mol. The van der Waals surface area contributed by atoms with Crippen molar-refractivity contribution in [3.05, 3.63) is 74.3 Å². The number of rotatable bonds is 3. The zero-order chi connectivity index (χ0) is 17.3. The first kappa shape index (κ1) is 16.2. The summed E-state index contributed by atoms with van der Waals surface area (Å²) in [5.41, 5.74) is 0.810. The first-order chi connectivity index (χ1) is 11.5. The van der Waals surface area contributed by atoms with Gasteiger partial charge in [-0.05, 0) is 24.3 Å². The highest BCUT2D eigenvalue weighted by atomic mass is 35.5. The number of carbonyl (C=O) groups excluding carboxylic acids is 1. The van der Waals surface area contributed by atoms with Gasteiger partial charge in [0.05, 0.1) is 40.4 Å². The van der Waals surface area contributed by atoms with Crippen LogP contribution in [-0.2, 0) is 6.54 Å². The van der Waals surface area contributed by atoms with E-state index in [9.17, 15) is 9.59 Å². The Kier molecular flexibility index (Phi) is 4.34. The van der Waals surface area contributed by atoms with E-state index in [2.05, 4.69) is 4.98 Å². The number of nitrogens with zero attached hydrogens (tertiary/aromatic N) is 3. The molecule has 118 valence electrons. The standard InChI is InChI=1S/C17H9Cl2N3O2/c18-12-5-13-16(14(19)6-12)21-9-22(17(13)24)8-15(23)11-3-1-10(7-20)2-4-11/h1-6,9H,8H2. The Bertz CT molecular complexity index is 1050. The van der Waals surface area contributed by atoms with Crippen LogP contribution in [-0.4, -0.2) is 15.3 Å². The molecule has 3 rings (SSSR count). The van der Waals surface area contributed by atoms with E-state index >= 15 is 0 Å². The lowest BCUT2D eigenvalue weighted by Gasteiger charge is -2.07. The number of carbonyl (C=O) groups is 1. The van der Waals surface area contributed by atoms with Crippen LogP contribution >= 0.6 is 23.2 Å².